The van der Waals surface area contributed by atoms with E-state index < -0.39 is 77.0 Å². The van der Waals surface area contributed by atoms with Gasteiger partial charge in [-0.1, -0.05) is 30.7 Å². The molecule has 2 atom stereocenters. The van der Waals surface area contributed by atoms with Crippen LogP contribution in [-0.4, -0.2) is 177 Å². The van der Waals surface area contributed by atoms with Gasteiger partial charge in [0.25, 0.3) is 59.1 Å². The number of rotatable bonds is 34. The lowest BCUT2D eigenvalue weighted by molar-refractivity contribution is -0.136. The molecule has 13 aromatic rings. The highest BCUT2D eigenvalue weighted by Gasteiger charge is 2.37. The first-order valence-electron chi connectivity index (χ1n) is 41.6. The van der Waals surface area contributed by atoms with E-state index in [0.29, 0.717) is 64.1 Å². The molecule has 10 aromatic heterocycles. The summed E-state index contributed by atoms with van der Waals surface area (Å²) in [6.07, 6.45) is 15.5. The van der Waals surface area contributed by atoms with E-state index in [1.165, 1.54) is 111 Å². The normalized spacial score (nSPS) is 12.4. The van der Waals surface area contributed by atoms with Gasteiger partial charge in [-0.3, -0.25) is 62.3 Å². The molecule has 13 amide bonds. The molecule has 132 heavy (non-hydrogen) atoms. The Morgan fingerprint density at radius 3 is 1.35 bits per heavy atom. The van der Waals surface area contributed by atoms with Crippen LogP contribution in [-0.2, 0) is 82.6 Å². The van der Waals surface area contributed by atoms with Gasteiger partial charge >= 0.3 is 5.97 Å². The molecule has 42 nitrogen and oxygen atoms in total. The van der Waals surface area contributed by atoms with Crippen molar-refractivity contribution in [1.82, 2.24) is 66.7 Å². The maximum absolute atomic E-state index is 14.5. The summed E-state index contributed by atoms with van der Waals surface area (Å²) in [5.74, 6) is -6.96. The minimum Gasteiger partial charge on any atom is -0.425 e. The second kappa shape index (κ2) is 39.1. The van der Waals surface area contributed by atoms with E-state index in [2.05, 4.69) is 78.8 Å². The maximum Gasteiger partial charge on any atom is 0.328 e. The van der Waals surface area contributed by atoms with E-state index in [-0.39, 0.29) is 160 Å². The standard InChI is InChI=1S/C89H96ClN27O15/c1-47(118)95-51-28-70(109(3)38-51)85(127)107-73-46-115(9)77(106-73)86(128)94-25-22-75(120)104-72-45-116(10)78(105-72)87(129)102-57-34-69(114(8)44-57)84(126)98-53-30-64(108(2)40-53)79(121)93-24-15-19-74(119)96-52-29-65(110(4)39-52)81(123)99-55-32-67(112(6)42-55)83(125)101-56-33-68(113(7)43-56)82(124)100-54-31-66(111(5)41-54)80(122)97-50-20-21-61-48(26-50)27-62(103-61)88(130)117-37-49(36-90)76-59-17-12-11-16-58(59)71(35-63(76)117)132-89(131)60(92)18-13-14-23-91/h11-12,16-17,20-21,26-35,38-46,49,60,103H,13-15,18-19,22-25,36-37,91-92H2,1-10H3,(H,93,121)(H,94,128)(H,95,118)(H,96,119)(H,97,122)(H,98,126)(H,99,123)(H,100,124)(H,101,125)(H,102,129)(H,104,120)(H,107,127)/t49?,60-/m0/s1. The third kappa shape index (κ3) is 20.7. The highest BCUT2D eigenvalue weighted by Crippen LogP contribution is 2.46. The van der Waals surface area contributed by atoms with E-state index >= 15 is 0 Å². The number of amides is 13. The number of hydrogen-bond donors (Lipinski definition) is 15. The molecular weight excluding hydrogens is 1720 g/mol. The quantitative estimate of drug-likeness (QED) is 0.00783. The van der Waals surface area contributed by atoms with E-state index in [4.69, 9.17) is 27.8 Å². The fraction of sp³-hybridized carbons (Fsp3) is 0.258. The minimum atomic E-state index is -0.867. The molecule has 0 saturated carbocycles. The Labute approximate surface area is 757 Å². The molecule has 1 aliphatic heterocycles. The molecule has 0 fully saturated rings. The average molecular weight is 1820 g/mol. The number of anilines is 11. The van der Waals surface area contributed by atoms with E-state index in [9.17, 15) is 67.1 Å². The molecule has 43 heteroatoms. The van der Waals surface area contributed by atoms with Gasteiger partial charge in [0.15, 0.2) is 11.6 Å². The third-order valence-corrected chi connectivity index (χ3v) is 22.3. The fourth-order valence-electron chi connectivity index (χ4n) is 15.5. The molecule has 684 valence electrons. The lowest BCUT2D eigenvalue weighted by Crippen LogP contribution is -2.34. The van der Waals surface area contributed by atoms with E-state index in [0.717, 1.165) is 17.4 Å². The number of fused-ring (bicyclic) bond motifs is 4. The van der Waals surface area contributed by atoms with Crippen molar-refractivity contribution in [3.8, 4) is 5.75 Å². The number of nitrogens with zero attached hydrogens (tertiary/aromatic N) is 12. The molecule has 14 rings (SSSR count). The zero-order valence-electron chi connectivity index (χ0n) is 73.4. The molecule has 1 aliphatic rings. The molecule has 0 radical (unpaired) electrons. The summed E-state index contributed by atoms with van der Waals surface area (Å²) in [5, 5.41) is 34.9. The van der Waals surface area contributed by atoms with Gasteiger partial charge in [-0.25, -0.2) is 14.8 Å². The number of ether oxygens (including phenoxy) is 1. The van der Waals surface area contributed by atoms with Gasteiger partial charge in [0.05, 0.1) is 45.5 Å². The van der Waals surface area contributed by atoms with Crippen molar-refractivity contribution in [2.24, 2.45) is 74.9 Å². The van der Waals surface area contributed by atoms with Crippen molar-refractivity contribution >= 4 is 179 Å². The van der Waals surface area contributed by atoms with Gasteiger partial charge < -0.3 is 131 Å². The van der Waals surface area contributed by atoms with Crippen LogP contribution in [0, 0.1) is 0 Å². The largest absolute Gasteiger partial charge is 0.425 e. The minimum absolute atomic E-state index is 0.00928. The van der Waals surface area contributed by atoms with Crippen LogP contribution in [0.5, 0.6) is 5.75 Å². The van der Waals surface area contributed by atoms with Gasteiger partial charge in [-0.15, -0.1) is 11.6 Å². The molecule has 17 N–H and O–H groups in total. The Hall–Kier alpha value is -16.4. The van der Waals surface area contributed by atoms with Crippen molar-refractivity contribution in [3.05, 3.63) is 216 Å². The highest BCUT2D eigenvalue weighted by molar-refractivity contribution is 6.20. The van der Waals surface area contributed by atoms with Crippen LogP contribution in [0.25, 0.3) is 21.7 Å². The summed E-state index contributed by atoms with van der Waals surface area (Å²) in [5.41, 5.74) is 18.0. The van der Waals surface area contributed by atoms with Crippen LogP contribution in [0.3, 0.4) is 0 Å². The van der Waals surface area contributed by atoms with Gasteiger partial charge in [0.1, 0.15) is 57.3 Å². The van der Waals surface area contributed by atoms with Crippen molar-refractivity contribution in [2.45, 2.75) is 57.4 Å². The van der Waals surface area contributed by atoms with Gasteiger partial charge in [-0.05, 0) is 103 Å². The smallest absolute Gasteiger partial charge is 0.328 e. The Morgan fingerprint density at radius 1 is 0.439 bits per heavy atom. The van der Waals surface area contributed by atoms with Gasteiger partial charge in [-0.2, -0.15) is 0 Å². The summed E-state index contributed by atoms with van der Waals surface area (Å²) in [4.78, 5) is 200. The van der Waals surface area contributed by atoms with Crippen molar-refractivity contribution < 1.29 is 71.9 Å². The highest BCUT2D eigenvalue weighted by atomic mass is 35.5. The lowest BCUT2D eigenvalue weighted by atomic mass is 9.95. The number of nitrogens with one attached hydrogen (secondary N) is 13. The fourth-order valence-corrected chi connectivity index (χ4v) is 15.7. The Balaban J connectivity index is 0.495. The molecule has 0 spiro atoms. The summed E-state index contributed by atoms with van der Waals surface area (Å²) in [6, 6.07) is 25.5. The number of imidazole rings is 2. The number of hydrogen-bond acceptors (Lipinski definition) is 19. The average Bonchev–Trinajstić information content (AvgIpc) is 1.57. The van der Waals surface area contributed by atoms with Crippen LogP contribution in [0.15, 0.2) is 153 Å². The van der Waals surface area contributed by atoms with Crippen LogP contribution in [0.4, 0.5) is 62.8 Å². The maximum atomic E-state index is 14.5. The first kappa shape index (κ1) is 91.8. The lowest BCUT2D eigenvalue weighted by Gasteiger charge is -2.19. The number of carbonyl (C=O) groups is 14. The van der Waals surface area contributed by atoms with E-state index in [1.807, 2.05) is 24.3 Å². The number of aryl methyl sites for hydroxylation is 9. The number of unbranched alkanes of at least 4 members (excludes halogenated alkanes) is 1. The number of alkyl halides is 1. The Bertz CT molecular complexity index is 6810. The van der Waals surface area contributed by atoms with Crippen LogP contribution in [0.2, 0.25) is 0 Å². The SMILES string of the molecule is CC(=O)Nc1cc(C(=O)Nc2cn(C)c(C(=O)NCCC(=O)Nc3cn(C)c(C(=O)Nc4cc(C(=O)Nc5cc(C(=O)NCCCC(=O)Nc6cc(C(=O)Nc7cc(C(=O)Nc8cc(C(=O)Nc9cc(C(=O)Nc%10ccc%11[nH]c(C(=O)N%12CC(CCl)c%13c%12cc(OC(=O)[C@@H](N)CCCCN)c%12ccccc%13%12)cc%11c%10)n(C)c9)n(C)c8)n(C)c7)n(C)c6)n(C)c5)n(C)c4)n3)n2)n(C)c1. The summed E-state index contributed by atoms with van der Waals surface area (Å²) >= 11 is 6.57. The molecule has 0 bridgehead atoms. The van der Waals surface area contributed by atoms with Crippen LogP contribution < -0.4 is 84.9 Å². The number of nitrogens with two attached hydrogens (primary N) is 2. The predicted molar refractivity (Wildman–Crippen MR) is 494 cm³/mol. The number of H-pyrrole nitrogens is 1. The zero-order chi connectivity index (χ0) is 94.4. The second-order valence-electron chi connectivity index (χ2n) is 31.9. The Kier molecular flexibility index (Phi) is 27.2. The number of aromatic amines is 1. The summed E-state index contributed by atoms with van der Waals surface area (Å²) in [6.45, 7) is 2.08. The number of benzene rings is 3. The van der Waals surface area contributed by atoms with E-state index in [1.54, 1.807) is 134 Å². The van der Waals surface area contributed by atoms with Crippen LogP contribution in [0.1, 0.15) is 162 Å². The molecule has 11 heterocycles. The zero-order valence-corrected chi connectivity index (χ0v) is 74.1. The second-order valence-corrected chi connectivity index (χ2v) is 32.2. The Morgan fingerprint density at radius 2 is 0.864 bits per heavy atom. The molecule has 0 saturated heterocycles. The first-order chi connectivity index (χ1) is 63.0. The summed E-state index contributed by atoms with van der Waals surface area (Å²) < 4.78 is 19.3. The first-order valence-corrected chi connectivity index (χ1v) is 42.2. The number of esters is 1. The van der Waals surface area contributed by atoms with Gasteiger partial charge in [0, 0.05) is 198 Å². The topological polar surface area (TPSA) is 534 Å². The monoisotopic (exact) mass is 1820 g/mol. The molecular formula is C89H96ClN27O15. The number of carbonyl (C=O) groups excluding carboxylic acids is 14. The summed E-state index contributed by atoms with van der Waals surface area (Å²) in [7, 11) is 14.4. The number of halogens is 1. The van der Waals surface area contributed by atoms with Crippen molar-refractivity contribution in [1.29, 1.82) is 0 Å². The third-order valence-electron chi connectivity index (χ3n) is 21.9. The van der Waals surface area contributed by atoms with Crippen LogP contribution >= 0.6 is 11.6 Å². The van der Waals surface area contributed by atoms with Crippen molar-refractivity contribution in [3.63, 3.8) is 0 Å². The predicted octanol–water partition coefficient (Wildman–Crippen LogP) is 8.13. The number of aromatic nitrogens is 12. The molecule has 0 aliphatic carbocycles. The van der Waals surface area contributed by atoms with Gasteiger partial charge in [0.2, 0.25) is 29.4 Å². The molecule has 1 unspecified atom stereocenters. The van der Waals surface area contributed by atoms with Crippen molar-refractivity contribution in [2.75, 3.05) is 90.1 Å². The molecule has 3 aromatic carbocycles.